The number of hydrogen-bond acceptors (Lipinski definition) is 4. The van der Waals surface area contributed by atoms with Gasteiger partial charge in [0.2, 0.25) is 10.0 Å². The highest BCUT2D eigenvalue weighted by molar-refractivity contribution is 7.89. The van der Waals surface area contributed by atoms with E-state index in [9.17, 15) is 13.2 Å². The molecule has 0 unspecified atom stereocenters. The van der Waals surface area contributed by atoms with Crippen molar-refractivity contribution in [2.75, 3.05) is 37.4 Å². The van der Waals surface area contributed by atoms with E-state index in [1.807, 2.05) is 0 Å². The number of benzene rings is 2. The molecule has 1 saturated heterocycles. The lowest BCUT2D eigenvalue weighted by molar-refractivity contribution is 0.102. The first-order valence-electron chi connectivity index (χ1n) is 8.67. The van der Waals surface area contributed by atoms with Crippen LogP contribution in [0.4, 0.5) is 11.4 Å². The van der Waals surface area contributed by atoms with E-state index in [2.05, 4.69) is 10.2 Å². The number of carbonyl (C=O) groups is 1. The number of halogens is 1. The molecule has 6 nitrogen and oxygen atoms in total. The summed E-state index contributed by atoms with van der Waals surface area (Å²) in [7, 11) is -0.695. The van der Waals surface area contributed by atoms with Crippen LogP contribution in [0.5, 0.6) is 0 Å². The first-order chi connectivity index (χ1) is 12.8. The molecule has 0 aliphatic carbocycles. The van der Waals surface area contributed by atoms with Crippen LogP contribution in [0.15, 0.2) is 47.4 Å². The SMILES string of the molecule is CN(C)S(=O)(=O)c1ccc(N2CCCC2)c(C(=O)Nc2ccc(Cl)cc2)c1. The highest BCUT2D eigenvalue weighted by Crippen LogP contribution is 2.29. The zero-order valence-corrected chi connectivity index (χ0v) is 16.8. The number of anilines is 2. The summed E-state index contributed by atoms with van der Waals surface area (Å²) in [6.45, 7) is 1.70. The van der Waals surface area contributed by atoms with Crippen LogP contribution < -0.4 is 10.2 Å². The van der Waals surface area contributed by atoms with Gasteiger partial charge in [0, 0.05) is 43.6 Å². The fourth-order valence-electron chi connectivity index (χ4n) is 3.03. The normalized spacial score (nSPS) is 14.6. The third-order valence-electron chi connectivity index (χ3n) is 4.54. The Morgan fingerprint density at radius 2 is 1.70 bits per heavy atom. The van der Waals surface area contributed by atoms with Gasteiger partial charge < -0.3 is 10.2 Å². The highest BCUT2D eigenvalue weighted by Gasteiger charge is 2.24. The third kappa shape index (κ3) is 4.26. The molecule has 0 saturated carbocycles. The van der Waals surface area contributed by atoms with Crippen LogP contribution >= 0.6 is 11.6 Å². The van der Waals surface area contributed by atoms with Gasteiger partial charge in [-0.25, -0.2) is 12.7 Å². The van der Waals surface area contributed by atoms with Gasteiger partial charge in [-0.05, 0) is 55.3 Å². The summed E-state index contributed by atoms with van der Waals surface area (Å²) in [6, 6.07) is 11.5. The lowest BCUT2D eigenvalue weighted by atomic mass is 10.1. The van der Waals surface area contributed by atoms with Crippen LogP contribution in [-0.2, 0) is 10.0 Å². The summed E-state index contributed by atoms with van der Waals surface area (Å²) in [5, 5.41) is 3.40. The van der Waals surface area contributed by atoms with E-state index < -0.39 is 10.0 Å². The molecule has 1 amide bonds. The summed E-state index contributed by atoms with van der Waals surface area (Å²) in [6.07, 6.45) is 2.10. The van der Waals surface area contributed by atoms with Crippen LogP contribution in [0.2, 0.25) is 5.02 Å². The molecule has 0 spiro atoms. The number of sulfonamides is 1. The van der Waals surface area contributed by atoms with Crippen LogP contribution in [0.3, 0.4) is 0 Å². The molecule has 8 heteroatoms. The number of nitrogens with one attached hydrogen (secondary N) is 1. The quantitative estimate of drug-likeness (QED) is 0.824. The zero-order chi connectivity index (χ0) is 19.6. The Balaban J connectivity index is 2.00. The van der Waals surface area contributed by atoms with Crippen LogP contribution in [-0.4, -0.2) is 45.8 Å². The second-order valence-corrected chi connectivity index (χ2v) is 9.21. The summed E-state index contributed by atoms with van der Waals surface area (Å²) in [4.78, 5) is 15.2. The highest BCUT2D eigenvalue weighted by atomic mass is 35.5. The van der Waals surface area contributed by atoms with Crippen molar-refractivity contribution in [3.05, 3.63) is 53.1 Å². The van der Waals surface area contributed by atoms with E-state index in [1.165, 1.54) is 20.2 Å². The Hall–Kier alpha value is -2.09. The van der Waals surface area contributed by atoms with Crippen molar-refractivity contribution < 1.29 is 13.2 Å². The maximum Gasteiger partial charge on any atom is 0.257 e. The molecule has 27 heavy (non-hydrogen) atoms. The second kappa shape index (κ2) is 7.88. The Morgan fingerprint density at radius 1 is 1.07 bits per heavy atom. The molecule has 1 N–H and O–H groups in total. The minimum Gasteiger partial charge on any atom is -0.371 e. The van der Waals surface area contributed by atoms with Gasteiger partial charge in [0.25, 0.3) is 5.91 Å². The molecule has 1 aliphatic rings. The standard InChI is InChI=1S/C19H22ClN3O3S/c1-22(2)27(25,26)16-9-10-18(23-11-3-4-12-23)17(13-16)19(24)21-15-7-5-14(20)6-8-15/h5-10,13H,3-4,11-12H2,1-2H3,(H,21,24). The van der Waals surface area contributed by atoms with Gasteiger partial charge in [0.15, 0.2) is 0 Å². The van der Waals surface area contributed by atoms with Gasteiger partial charge in [-0.1, -0.05) is 11.6 Å². The predicted octanol–water partition coefficient (Wildman–Crippen LogP) is 3.44. The monoisotopic (exact) mass is 407 g/mol. The van der Waals surface area contributed by atoms with Crippen molar-refractivity contribution in [3.63, 3.8) is 0 Å². The number of hydrogen-bond donors (Lipinski definition) is 1. The molecule has 1 fully saturated rings. The first kappa shape index (κ1) is 19.7. The Morgan fingerprint density at radius 3 is 2.30 bits per heavy atom. The molecule has 144 valence electrons. The number of rotatable bonds is 5. The van der Waals surface area contributed by atoms with Crippen molar-refractivity contribution >= 4 is 38.9 Å². The Kier molecular flexibility index (Phi) is 5.74. The van der Waals surface area contributed by atoms with Crippen LogP contribution in [0, 0.1) is 0 Å². The lowest BCUT2D eigenvalue weighted by Crippen LogP contribution is -2.25. The second-order valence-electron chi connectivity index (χ2n) is 6.62. The average molecular weight is 408 g/mol. The molecule has 2 aromatic rings. The summed E-state index contributed by atoms with van der Waals surface area (Å²) >= 11 is 5.89. The van der Waals surface area contributed by atoms with Gasteiger partial charge in [0.05, 0.1) is 10.5 Å². The van der Waals surface area contributed by atoms with Gasteiger partial charge in [0.1, 0.15) is 0 Å². The van der Waals surface area contributed by atoms with Crippen molar-refractivity contribution in [2.24, 2.45) is 0 Å². The Labute approximate surface area is 164 Å². The molecule has 0 atom stereocenters. The molecule has 0 radical (unpaired) electrons. The van der Waals surface area contributed by atoms with Gasteiger partial charge in [-0.3, -0.25) is 4.79 Å². The molecule has 0 aromatic heterocycles. The van der Waals surface area contributed by atoms with Crippen molar-refractivity contribution in [2.45, 2.75) is 17.7 Å². The van der Waals surface area contributed by atoms with Crippen LogP contribution in [0.1, 0.15) is 23.2 Å². The number of amides is 1. The van der Waals surface area contributed by atoms with E-state index >= 15 is 0 Å². The predicted molar refractivity (Wildman–Crippen MR) is 108 cm³/mol. The molecule has 3 rings (SSSR count). The maximum absolute atomic E-state index is 12.9. The minimum absolute atomic E-state index is 0.0942. The summed E-state index contributed by atoms with van der Waals surface area (Å²) < 4.78 is 26.1. The third-order valence-corrected chi connectivity index (χ3v) is 6.60. The molecule has 0 bridgehead atoms. The fraction of sp³-hybridized carbons (Fsp3) is 0.316. The van der Waals surface area contributed by atoms with Crippen LogP contribution in [0.25, 0.3) is 0 Å². The van der Waals surface area contributed by atoms with E-state index in [1.54, 1.807) is 36.4 Å². The largest absolute Gasteiger partial charge is 0.371 e. The summed E-state index contributed by atoms with van der Waals surface area (Å²) in [5.74, 6) is -0.352. The fourth-order valence-corrected chi connectivity index (χ4v) is 4.09. The van der Waals surface area contributed by atoms with E-state index in [-0.39, 0.29) is 10.8 Å². The summed E-state index contributed by atoms with van der Waals surface area (Å²) in [5.41, 5.74) is 1.68. The van der Waals surface area contributed by atoms with E-state index in [0.29, 0.717) is 16.3 Å². The first-order valence-corrected chi connectivity index (χ1v) is 10.5. The molecule has 1 heterocycles. The molecule has 2 aromatic carbocycles. The lowest BCUT2D eigenvalue weighted by Gasteiger charge is -2.22. The average Bonchev–Trinajstić information content (AvgIpc) is 3.17. The Bertz CT molecular complexity index is 937. The maximum atomic E-state index is 12.9. The van der Waals surface area contributed by atoms with Crippen molar-refractivity contribution in [3.8, 4) is 0 Å². The molecule has 1 aliphatic heterocycles. The van der Waals surface area contributed by atoms with Crippen molar-refractivity contribution in [1.82, 2.24) is 4.31 Å². The topological polar surface area (TPSA) is 69.7 Å². The van der Waals surface area contributed by atoms with Gasteiger partial charge >= 0.3 is 0 Å². The minimum atomic E-state index is -3.63. The van der Waals surface area contributed by atoms with Gasteiger partial charge in [-0.15, -0.1) is 0 Å². The molecular formula is C19H22ClN3O3S. The van der Waals surface area contributed by atoms with Crippen molar-refractivity contribution in [1.29, 1.82) is 0 Å². The van der Waals surface area contributed by atoms with E-state index in [4.69, 9.17) is 11.6 Å². The van der Waals surface area contributed by atoms with Gasteiger partial charge in [-0.2, -0.15) is 0 Å². The molecular weight excluding hydrogens is 386 g/mol. The number of carbonyl (C=O) groups excluding carboxylic acids is 1. The number of nitrogens with zero attached hydrogens (tertiary/aromatic N) is 2. The zero-order valence-electron chi connectivity index (χ0n) is 15.3. The smallest absolute Gasteiger partial charge is 0.257 e. The van der Waals surface area contributed by atoms with E-state index in [0.717, 1.165) is 35.9 Å².